The molecule has 0 aliphatic carbocycles. The van der Waals surface area contributed by atoms with Crippen LogP contribution in [0, 0.1) is 5.92 Å². The second-order valence-electron chi connectivity index (χ2n) is 7.48. The van der Waals surface area contributed by atoms with Crippen molar-refractivity contribution in [3.05, 3.63) is 34.9 Å². The molecule has 4 rings (SSSR count). The fourth-order valence-electron chi connectivity index (χ4n) is 4.25. The third-order valence-electron chi connectivity index (χ3n) is 5.89. The molecule has 3 fully saturated rings. The van der Waals surface area contributed by atoms with Gasteiger partial charge < -0.3 is 19.3 Å². The molecule has 7 heteroatoms. The molecule has 0 unspecified atom stereocenters. The Labute approximate surface area is 164 Å². The maximum Gasteiger partial charge on any atom is 0.255 e. The van der Waals surface area contributed by atoms with Crippen molar-refractivity contribution in [3.8, 4) is 0 Å². The quantitative estimate of drug-likeness (QED) is 0.776. The van der Waals surface area contributed by atoms with Gasteiger partial charge in [0, 0.05) is 44.9 Å². The lowest BCUT2D eigenvalue weighted by atomic mass is 9.93. The lowest BCUT2D eigenvalue weighted by Gasteiger charge is -2.40. The van der Waals surface area contributed by atoms with Crippen LogP contribution in [0.2, 0.25) is 5.02 Å². The van der Waals surface area contributed by atoms with Gasteiger partial charge in [0.2, 0.25) is 5.91 Å². The van der Waals surface area contributed by atoms with E-state index in [2.05, 4.69) is 0 Å². The highest BCUT2D eigenvalue weighted by Crippen LogP contribution is 2.32. The van der Waals surface area contributed by atoms with Gasteiger partial charge in [-0.3, -0.25) is 9.59 Å². The van der Waals surface area contributed by atoms with E-state index in [1.165, 1.54) is 0 Å². The summed E-state index contributed by atoms with van der Waals surface area (Å²) in [6.07, 6.45) is 2.87. The predicted molar refractivity (Wildman–Crippen MR) is 101 cm³/mol. The third kappa shape index (κ3) is 3.84. The molecule has 0 bridgehead atoms. The topological polar surface area (TPSA) is 59.1 Å². The zero-order valence-corrected chi connectivity index (χ0v) is 16.1. The van der Waals surface area contributed by atoms with Gasteiger partial charge in [0.15, 0.2) is 5.79 Å². The zero-order valence-electron chi connectivity index (χ0n) is 15.4. The van der Waals surface area contributed by atoms with E-state index in [0.29, 0.717) is 62.8 Å². The van der Waals surface area contributed by atoms with Crippen LogP contribution in [0.5, 0.6) is 0 Å². The minimum Gasteiger partial charge on any atom is -0.347 e. The van der Waals surface area contributed by atoms with Crippen LogP contribution in [-0.2, 0) is 14.3 Å². The summed E-state index contributed by atoms with van der Waals surface area (Å²) in [6.45, 7) is 3.82. The molecule has 6 nitrogen and oxygen atoms in total. The van der Waals surface area contributed by atoms with E-state index >= 15 is 0 Å². The average Bonchev–Trinajstić information content (AvgIpc) is 3.16. The summed E-state index contributed by atoms with van der Waals surface area (Å²) in [7, 11) is 0. The number of hydrogen-bond acceptors (Lipinski definition) is 4. The summed E-state index contributed by atoms with van der Waals surface area (Å²) in [5.74, 6) is -0.323. The SMILES string of the molecule is O=C(c1ccccc1Cl)N1CCC(C(=O)N2CCC3(CC2)OCCO3)CC1. The van der Waals surface area contributed by atoms with E-state index in [-0.39, 0.29) is 17.7 Å². The maximum absolute atomic E-state index is 12.9. The van der Waals surface area contributed by atoms with Crippen LogP contribution in [-0.4, -0.2) is 66.8 Å². The summed E-state index contributed by atoms with van der Waals surface area (Å²) >= 11 is 6.14. The van der Waals surface area contributed by atoms with Crippen molar-refractivity contribution in [1.29, 1.82) is 0 Å². The van der Waals surface area contributed by atoms with Crippen LogP contribution in [0.3, 0.4) is 0 Å². The first-order valence-electron chi connectivity index (χ1n) is 9.68. The summed E-state index contributed by atoms with van der Waals surface area (Å²) < 4.78 is 11.5. The molecule has 0 aromatic heterocycles. The van der Waals surface area contributed by atoms with Gasteiger partial charge in [-0.15, -0.1) is 0 Å². The lowest BCUT2D eigenvalue weighted by Crippen LogP contribution is -2.50. The molecular formula is C20H25ClN2O4. The van der Waals surface area contributed by atoms with Crippen molar-refractivity contribution in [1.82, 2.24) is 9.80 Å². The van der Waals surface area contributed by atoms with Crippen LogP contribution < -0.4 is 0 Å². The largest absolute Gasteiger partial charge is 0.347 e. The highest BCUT2D eigenvalue weighted by atomic mass is 35.5. The highest BCUT2D eigenvalue weighted by molar-refractivity contribution is 6.33. The summed E-state index contributed by atoms with van der Waals surface area (Å²) in [5, 5.41) is 0.472. The number of hydrogen-bond donors (Lipinski definition) is 0. The van der Waals surface area contributed by atoms with Gasteiger partial charge in [-0.2, -0.15) is 0 Å². The normalized spacial score (nSPS) is 23.0. The van der Waals surface area contributed by atoms with Crippen LogP contribution in [0.15, 0.2) is 24.3 Å². The van der Waals surface area contributed by atoms with Gasteiger partial charge in [0.25, 0.3) is 5.91 Å². The number of amides is 2. The number of ether oxygens (including phenoxy) is 2. The monoisotopic (exact) mass is 392 g/mol. The van der Waals surface area contributed by atoms with Gasteiger partial charge in [-0.1, -0.05) is 23.7 Å². The Hall–Kier alpha value is -1.63. The molecule has 3 aliphatic rings. The van der Waals surface area contributed by atoms with E-state index in [1.807, 2.05) is 17.0 Å². The number of piperidine rings is 2. The van der Waals surface area contributed by atoms with E-state index in [9.17, 15) is 9.59 Å². The molecule has 1 aromatic carbocycles. The zero-order chi connectivity index (χ0) is 18.9. The molecule has 27 heavy (non-hydrogen) atoms. The van der Waals surface area contributed by atoms with Gasteiger partial charge >= 0.3 is 0 Å². The minimum atomic E-state index is -0.457. The van der Waals surface area contributed by atoms with Crippen molar-refractivity contribution in [3.63, 3.8) is 0 Å². The number of carbonyl (C=O) groups excluding carboxylic acids is 2. The van der Waals surface area contributed by atoms with Crippen molar-refractivity contribution in [2.75, 3.05) is 39.4 Å². The molecule has 1 spiro atoms. The van der Waals surface area contributed by atoms with Gasteiger partial charge in [0.1, 0.15) is 0 Å². The first kappa shape index (κ1) is 18.7. The Morgan fingerprint density at radius 3 is 2.22 bits per heavy atom. The molecule has 0 N–H and O–H groups in total. The minimum absolute atomic E-state index is 0.0141. The fourth-order valence-corrected chi connectivity index (χ4v) is 4.46. The van der Waals surface area contributed by atoms with Gasteiger partial charge in [-0.05, 0) is 25.0 Å². The van der Waals surface area contributed by atoms with Gasteiger partial charge in [-0.25, -0.2) is 0 Å². The van der Waals surface area contributed by atoms with Crippen LogP contribution in [0.25, 0.3) is 0 Å². The van der Waals surface area contributed by atoms with E-state index < -0.39 is 5.79 Å². The van der Waals surface area contributed by atoms with Crippen molar-refractivity contribution >= 4 is 23.4 Å². The van der Waals surface area contributed by atoms with Crippen LogP contribution >= 0.6 is 11.6 Å². The third-order valence-corrected chi connectivity index (χ3v) is 6.22. The number of carbonyl (C=O) groups is 2. The molecule has 3 saturated heterocycles. The number of rotatable bonds is 2. The fraction of sp³-hybridized carbons (Fsp3) is 0.600. The second-order valence-corrected chi connectivity index (χ2v) is 7.89. The first-order valence-corrected chi connectivity index (χ1v) is 10.1. The highest BCUT2D eigenvalue weighted by Gasteiger charge is 2.42. The lowest BCUT2D eigenvalue weighted by molar-refractivity contribution is -0.188. The summed E-state index contributed by atoms with van der Waals surface area (Å²) in [6, 6.07) is 7.11. The Morgan fingerprint density at radius 1 is 0.963 bits per heavy atom. The average molecular weight is 393 g/mol. The van der Waals surface area contributed by atoms with E-state index in [0.717, 1.165) is 12.8 Å². The Kier molecular flexibility index (Phi) is 5.39. The molecule has 3 aliphatic heterocycles. The van der Waals surface area contributed by atoms with Crippen LogP contribution in [0.1, 0.15) is 36.0 Å². The Morgan fingerprint density at radius 2 is 1.59 bits per heavy atom. The van der Waals surface area contributed by atoms with Gasteiger partial charge in [0.05, 0.1) is 23.8 Å². The van der Waals surface area contributed by atoms with Crippen LogP contribution in [0.4, 0.5) is 0 Å². The Bertz CT molecular complexity index is 702. The molecular weight excluding hydrogens is 368 g/mol. The molecule has 0 atom stereocenters. The van der Waals surface area contributed by atoms with E-state index in [1.54, 1.807) is 17.0 Å². The number of likely N-dealkylation sites (tertiary alicyclic amines) is 2. The molecule has 3 heterocycles. The Balaban J connectivity index is 1.29. The molecule has 146 valence electrons. The van der Waals surface area contributed by atoms with Crippen molar-refractivity contribution in [2.24, 2.45) is 5.92 Å². The van der Waals surface area contributed by atoms with E-state index in [4.69, 9.17) is 21.1 Å². The smallest absolute Gasteiger partial charge is 0.255 e. The first-order chi connectivity index (χ1) is 13.1. The number of benzene rings is 1. The van der Waals surface area contributed by atoms with Crippen molar-refractivity contribution in [2.45, 2.75) is 31.5 Å². The summed E-state index contributed by atoms with van der Waals surface area (Å²) in [5.41, 5.74) is 0.529. The second kappa shape index (κ2) is 7.78. The molecule has 2 amide bonds. The number of halogens is 1. The molecule has 0 saturated carbocycles. The van der Waals surface area contributed by atoms with Crippen molar-refractivity contribution < 1.29 is 19.1 Å². The number of nitrogens with zero attached hydrogens (tertiary/aromatic N) is 2. The summed E-state index contributed by atoms with van der Waals surface area (Å²) in [4.78, 5) is 29.3. The standard InChI is InChI=1S/C20H25ClN2O4/c21-17-4-2-1-3-16(17)19(25)22-9-5-15(6-10-22)18(24)23-11-7-20(8-12-23)26-13-14-27-20/h1-4,15H,5-14H2. The maximum atomic E-state index is 12.9. The molecule has 1 aromatic rings. The predicted octanol–water partition coefficient (Wildman–Crippen LogP) is 2.56. The molecule has 0 radical (unpaired) electrons.